The smallest absolute Gasteiger partial charge is 0.262 e. The number of nitrogens with zero attached hydrogens (tertiary/aromatic N) is 2. The Morgan fingerprint density at radius 2 is 1.56 bits per heavy atom. The molecule has 3 amide bonds. The number of thiophene rings is 1. The Balaban J connectivity index is 1.54. The fourth-order valence-corrected chi connectivity index (χ4v) is 6.13. The van der Waals surface area contributed by atoms with Crippen LogP contribution in [0.4, 0.5) is 0 Å². The Labute approximate surface area is 218 Å². The van der Waals surface area contributed by atoms with E-state index in [9.17, 15) is 22.8 Å². The predicted molar refractivity (Wildman–Crippen MR) is 138 cm³/mol. The molecule has 4 rings (SSSR count). The van der Waals surface area contributed by atoms with E-state index in [2.05, 4.69) is 5.32 Å². The first kappa shape index (κ1) is 25.9. The summed E-state index contributed by atoms with van der Waals surface area (Å²) >= 11 is 7.04. The van der Waals surface area contributed by atoms with Gasteiger partial charge in [0.05, 0.1) is 9.77 Å². The summed E-state index contributed by atoms with van der Waals surface area (Å²) in [5.74, 6) is -1.55. The minimum Gasteiger partial charge on any atom is -0.336 e. The molecule has 1 N–H and O–H groups in total. The van der Waals surface area contributed by atoms with Gasteiger partial charge in [0.25, 0.3) is 17.7 Å². The number of nitrogens with one attached hydrogen (secondary N) is 1. The van der Waals surface area contributed by atoms with Crippen LogP contribution in [-0.2, 0) is 14.6 Å². The van der Waals surface area contributed by atoms with Gasteiger partial charge in [0.2, 0.25) is 15.2 Å². The van der Waals surface area contributed by atoms with Crippen molar-refractivity contribution in [2.75, 3.05) is 26.2 Å². The average Bonchev–Trinajstić information content (AvgIpc) is 3.42. The van der Waals surface area contributed by atoms with Crippen LogP contribution >= 0.6 is 22.9 Å². The van der Waals surface area contributed by atoms with Crippen LogP contribution in [0.3, 0.4) is 0 Å². The van der Waals surface area contributed by atoms with E-state index in [1.807, 2.05) is 19.1 Å². The summed E-state index contributed by atoms with van der Waals surface area (Å²) in [5, 5.41) is 2.62. The molecular weight excluding hydrogens is 522 g/mol. The van der Waals surface area contributed by atoms with Gasteiger partial charge in [0.15, 0.2) is 0 Å². The van der Waals surface area contributed by atoms with Crippen molar-refractivity contribution in [3.8, 4) is 0 Å². The summed E-state index contributed by atoms with van der Waals surface area (Å²) in [6.45, 7) is 2.61. The molecule has 0 bridgehead atoms. The monoisotopic (exact) mass is 545 g/mol. The number of hydrogen-bond donors (Lipinski definition) is 1. The summed E-state index contributed by atoms with van der Waals surface area (Å²) in [6.07, 6.45) is 0. The molecule has 11 heteroatoms. The van der Waals surface area contributed by atoms with Crippen LogP contribution in [0.25, 0.3) is 0 Å². The van der Waals surface area contributed by atoms with Crippen molar-refractivity contribution in [2.45, 2.75) is 17.2 Å². The van der Waals surface area contributed by atoms with Gasteiger partial charge in [-0.15, -0.1) is 11.3 Å². The maximum absolute atomic E-state index is 13.5. The minimum atomic E-state index is -4.29. The summed E-state index contributed by atoms with van der Waals surface area (Å²) in [4.78, 5) is 42.4. The number of benzene rings is 2. The summed E-state index contributed by atoms with van der Waals surface area (Å²) in [7, 11) is -4.29. The molecule has 1 atom stereocenters. The first-order valence-electron chi connectivity index (χ1n) is 11.2. The third-order valence-electron chi connectivity index (χ3n) is 5.94. The highest BCUT2D eigenvalue weighted by atomic mass is 35.5. The van der Waals surface area contributed by atoms with Crippen LogP contribution in [0.15, 0.2) is 70.9 Å². The highest BCUT2D eigenvalue weighted by Crippen LogP contribution is 2.21. The number of halogens is 1. The van der Waals surface area contributed by atoms with E-state index in [-0.39, 0.29) is 41.9 Å². The van der Waals surface area contributed by atoms with Crippen LogP contribution in [-0.4, -0.2) is 67.5 Å². The molecule has 1 aliphatic heterocycles. The molecule has 1 aromatic heterocycles. The number of carbonyl (C=O) groups is 3. The van der Waals surface area contributed by atoms with Gasteiger partial charge >= 0.3 is 0 Å². The van der Waals surface area contributed by atoms with E-state index >= 15 is 0 Å². The van der Waals surface area contributed by atoms with Gasteiger partial charge in [-0.05, 0) is 54.3 Å². The number of hydrogen-bond acceptors (Lipinski definition) is 6. The third kappa shape index (κ3) is 5.45. The molecule has 8 nitrogen and oxygen atoms in total. The van der Waals surface area contributed by atoms with Gasteiger partial charge in [-0.25, -0.2) is 8.42 Å². The van der Waals surface area contributed by atoms with Crippen LogP contribution in [0.5, 0.6) is 0 Å². The first-order valence-corrected chi connectivity index (χ1v) is 14.0. The van der Waals surface area contributed by atoms with Gasteiger partial charge in [0.1, 0.15) is 0 Å². The number of piperazine rings is 1. The largest absolute Gasteiger partial charge is 0.336 e. The average molecular weight is 546 g/mol. The SMILES string of the molecule is Cc1ccccc1C(=O)N1CCN(C(=O)[C@@H](NC(=O)c2cccs2)S(=O)(=O)c2ccc(Cl)cc2)CC1. The summed E-state index contributed by atoms with van der Waals surface area (Å²) in [6, 6.07) is 15.9. The van der Waals surface area contributed by atoms with E-state index in [4.69, 9.17) is 11.6 Å². The number of aryl methyl sites for hydroxylation is 1. The van der Waals surface area contributed by atoms with Gasteiger partial charge in [0, 0.05) is 36.8 Å². The Hall–Kier alpha value is -3.21. The van der Waals surface area contributed by atoms with E-state index in [0.29, 0.717) is 10.6 Å². The molecule has 0 aliphatic carbocycles. The van der Waals surface area contributed by atoms with E-state index in [1.54, 1.807) is 34.5 Å². The fraction of sp³-hybridized carbons (Fsp3) is 0.240. The number of carbonyl (C=O) groups excluding carboxylic acids is 3. The molecule has 3 aromatic rings. The minimum absolute atomic E-state index is 0.134. The Bertz CT molecular complexity index is 1370. The lowest BCUT2D eigenvalue weighted by atomic mass is 10.1. The fourth-order valence-electron chi connectivity index (χ4n) is 3.91. The van der Waals surface area contributed by atoms with Gasteiger partial charge in [-0.2, -0.15) is 0 Å². The lowest BCUT2D eigenvalue weighted by Crippen LogP contribution is -2.57. The number of rotatable bonds is 6. The summed E-state index contributed by atoms with van der Waals surface area (Å²) in [5.41, 5.74) is 1.44. The van der Waals surface area contributed by atoms with Crippen molar-refractivity contribution >= 4 is 50.5 Å². The molecule has 188 valence electrons. The van der Waals surface area contributed by atoms with E-state index < -0.39 is 27.0 Å². The van der Waals surface area contributed by atoms with Crippen LogP contribution < -0.4 is 5.32 Å². The molecule has 1 saturated heterocycles. The van der Waals surface area contributed by atoms with Crippen LogP contribution in [0.1, 0.15) is 25.6 Å². The Morgan fingerprint density at radius 3 is 2.17 bits per heavy atom. The second-order valence-corrected chi connectivity index (χ2v) is 11.7. The topological polar surface area (TPSA) is 104 Å². The van der Waals surface area contributed by atoms with Crippen molar-refractivity contribution in [1.29, 1.82) is 0 Å². The molecule has 36 heavy (non-hydrogen) atoms. The molecule has 0 unspecified atom stereocenters. The quantitative estimate of drug-likeness (QED) is 0.512. The van der Waals surface area contributed by atoms with Gasteiger partial charge < -0.3 is 15.1 Å². The first-order chi connectivity index (χ1) is 17.2. The summed E-state index contributed by atoms with van der Waals surface area (Å²) < 4.78 is 26.9. The number of sulfone groups is 1. The lowest BCUT2D eigenvalue weighted by Gasteiger charge is -2.36. The second kappa shape index (κ2) is 10.8. The molecular formula is C25H24ClN3O5S2. The Morgan fingerprint density at radius 1 is 0.917 bits per heavy atom. The standard InChI is InChI=1S/C25H24ClN3O5S2/c1-17-5-2-3-6-20(17)24(31)28-12-14-29(15-13-28)25(32)23(27-22(30)21-7-4-16-35-21)36(33,34)19-10-8-18(26)9-11-19/h2-11,16,23H,12-15H2,1H3,(H,27,30)/t23-/m0/s1. The normalized spacial score (nSPS) is 14.8. The predicted octanol–water partition coefficient (Wildman–Crippen LogP) is 3.22. The molecule has 2 aromatic carbocycles. The van der Waals surface area contributed by atoms with Crippen LogP contribution in [0, 0.1) is 6.92 Å². The molecule has 2 heterocycles. The van der Waals surface area contributed by atoms with Crippen molar-refractivity contribution in [3.05, 3.63) is 87.1 Å². The highest BCUT2D eigenvalue weighted by molar-refractivity contribution is 7.92. The molecule has 0 spiro atoms. The number of amides is 3. The molecule has 1 fully saturated rings. The maximum atomic E-state index is 13.5. The zero-order valence-corrected chi connectivity index (χ0v) is 21.8. The zero-order valence-electron chi connectivity index (χ0n) is 19.4. The van der Waals surface area contributed by atoms with Crippen molar-refractivity contribution in [2.24, 2.45) is 0 Å². The van der Waals surface area contributed by atoms with Crippen LogP contribution in [0.2, 0.25) is 5.02 Å². The zero-order chi connectivity index (χ0) is 25.9. The van der Waals surface area contributed by atoms with Gasteiger partial charge in [-0.1, -0.05) is 35.9 Å². The lowest BCUT2D eigenvalue weighted by molar-refractivity contribution is -0.132. The van der Waals surface area contributed by atoms with Gasteiger partial charge in [-0.3, -0.25) is 14.4 Å². The molecule has 0 radical (unpaired) electrons. The highest BCUT2D eigenvalue weighted by Gasteiger charge is 2.39. The van der Waals surface area contributed by atoms with E-state index in [0.717, 1.165) is 16.9 Å². The van der Waals surface area contributed by atoms with Crippen molar-refractivity contribution in [3.63, 3.8) is 0 Å². The van der Waals surface area contributed by atoms with Crippen molar-refractivity contribution in [1.82, 2.24) is 15.1 Å². The second-order valence-electron chi connectivity index (χ2n) is 8.26. The van der Waals surface area contributed by atoms with E-state index in [1.165, 1.54) is 29.2 Å². The Kier molecular flexibility index (Phi) is 7.77. The molecule has 0 saturated carbocycles. The van der Waals surface area contributed by atoms with Crippen molar-refractivity contribution < 1.29 is 22.8 Å². The maximum Gasteiger partial charge on any atom is 0.262 e. The third-order valence-corrected chi connectivity index (χ3v) is 8.93. The molecule has 1 aliphatic rings.